The first kappa shape index (κ1) is 19.1. The van der Waals surface area contributed by atoms with Crippen molar-refractivity contribution in [3.63, 3.8) is 0 Å². The van der Waals surface area contributed by atoms with Gasteiger partial charge in [0.1, 0.15) is 0 Å². The summed E-state index contributed by atoms with van der Waals surface area (Å²) in [6.07, 6.45) is 3.27. The first-order valence-electron chi connectivity index (χ1n) is 9.99. The summed E-state index contributed by atoms with van der Waals surface area (Å²) in [6, 6.07) is 5.96. The predicted molar refractivity (Wildman–Crippen MR) is 107 cm³/mol. The summed E-state index contributed by atoms with van der Waals surface area (Å²) >= 11 is 0. The van der Waals surface area contributed by atoms with Gasteiger partial charge in [-0.3, -0.25) is 4.79 Å². The Kier molecular flexibility index (Phi) is 4.55. The van der Waals surface area contributed by atoms with Gasteiger partial charge in [0.15, 0.2) is 11.5 Å². The molecule has 1 aliphatic carbocycles. The van der Waals surface area contributed by atoms with E-state index in [1.807, 2.05) is 18.2 Å². The van der Waals surface area contributed by atoms with Gasteiger partial charge < -0.3 is 19.2 Å². The second kappa shape index (κ2) is 6.68. The van der Waals surface area contributed by atoms with Gasteiger partial charge in [0.05, 0.1) is 19.9 Å². The second-order valence-corrected chi connectivity index (χ2v) is 9.59. The van der Waals surface area contributed by atoms with Crippen LogP contribution in [0.1, 0.15) is 52.0 Å². The van der Waals surface area contributed by atoms with Crippen LogP contribution in [0.15, 0.2) is 23.4 Å². The van der Waals surface area contributed by atoms with E-state index >= 15 is 0 Å². The van der Waals surface area contributed by atoms with E-state index in [1.165, 1.54) is 6.42 Å². The zero-order valence-electron chi connectivity index (χ0n) is 17.4. The van der Waals surface area contributed by atoms with Gasteiger partial charge in [0.2, 0.25) is 6.10 Å². The van der Waals surface area contributed by atoms with E-state index in [2.05, 4.69) is 30.8 Å². The average Bonchev–Trinajstić information content (AvgIpc) is 3.22. The van der Waals surface area contributed by atoms with Gasteiger partial charge in [-0.05, 0) is 48.3 Å². The van der Waals surface area contributed by atoms with Gasteiger partial charge in [-0.1, -0.05) is 25.9 Å². The SMILES string of the molecule is COc1ccc(C2=NO[C@H](C(=O)N3C[C@@]4(C)C[C@H]3CC(C)(C)C4)C2)cc1OC. The zero-order chi connectivity index (χ0) is 20.1. The number of carbonyl (C=O) groups excluding carboxylic acids is 1. The molecule has 2 heterocycles. The molecule has 0 unspecified atom stereocenters. The molecule has 2 fully saturated rings. The Morgan fingerprint density at radius 1 is 1.18 bits per heavy atom. The molecule has 1 aromatic carbocycles. The smallest absolute Gasteiger partial charge is 0.267 e. The summed E-state index contributed by atoms with van der Waals surface area (Å²) < 4.78 is 10.7. The van der Waals surface area contributed by atoms with E-state index in [9.17, 15) is 4.79 Å². The van der Waals surface area contributed by atoms with Crippen LogP contribution >= 0.6 is 0 Å². The van der Waals surface area contributed by atoms with Crippen molar-refractivity contribution in [2.24, 2.45) is 16.0 Å². The number of fused-ring (bicyclic) bond motifs is 2. The molecular formula is C22H30N2O4. The molecular weight excluding hydrogens is 356 g/mol. The molecule has 1 saturated carbocycles. The molecule has 0 spiro atoms. The number of nitrogens with zero attached hydrogens (tertiary/aromatic N) is 2. The van der Waals surface area contributed by atoms with Crippen molar-refractivity contribution in [2.45, 2.75) is 58.6 Å². The molecule has 3 atom stereocenters. The largest absolute Gasteiger partial charge is 0.493 e. The normalized spacial score (nSPS) is 30.6. The number of amides is 1. The third kappa shape index (κ3) is 3.33. The number of carbonyl (C=O) groups is 1. The highest BCUT2D eigenvalue weighted by Crippen LogP contribution is 2.52. The molecule has 0 aromatic heterocycles. The molecule has 6 heteroatoms. The fourth-order valence-corrected chi connectivity index (χ4v) is 5.60. The van der Waals surface area contributed by atoms with E-state index in [0.717, 1.165) is 30.7 Å². The van der Waals surface area contributed by atoms with E-state index in [-0.39, 0.29) is 16.7 Å². The van der Waals surface area contributed by atoms with Crippen molar-refractivity contribution < 1.29 is 19.1 Å². The quantitative estimate of drug-likeness (QED) is 0.793. The Balaban J connectivity index is 1.46. The fourth-order valence-electron chi connectivity index (χ4n) is 5.60. The van der Waals surface area contributed by atoms with Crippen LogP contribution in [-0.2, 0) is 9.63 Å². The van der Waals surface area contributed by atoms with Crippen molar-refractivity contribution >= 4 is 11.6 Å². The summed E-state index contributed by atoms with van der Waals surface area (Å²) in [7, 11) is 3.21. The predicted octanol–water partition coefficient (Wildman–Crippen LogP) is 3.62. The number of rotatable bonds is 4. The van der Waals surface area contributed by atoms with E-state index in [0.29, 0.717) is 24.0 Å². The van der Waals surface area contributed by atoms with Gasteiger partial charge in [0, 0.05) is 24.6 Å². The number of ether oxygens (including phenoxy) is 2. The minimum Gasteiger partial charge on any atom is -0.493 e. The zero-order valence-corrected chi connectivity index (χ0v) is 17.4. The molecule has 6 nitrogen and oxygen atoms in total. The summed E-state index contributed by atoms with van der Waals surface area (Å²) in [5.41, 5.74) is 2.16. The van der Waals surface area contributed by atoms with Crippen LogP contribution in [0.25, 0.3) is 0 Å². The Labute approximate surface area is 166 Å². The van der Waals surface area contributed by atoms with Gasteiger partial charge in [0.25, 0.3) is 5.91 Å². The highest BCUT2D eigenvalue weighted by Gasteiger charge is 2.52. The van der Waals surface area contributed by atoms with Crippen molar-refractivity contribution in [3.8, 4) is 11.5 Å². The summed E-state index contributed by atoms with van der Waals surface area (Å²) in [6.45, 7) is 7.77. The Hall–Kier alpha value is -2.24. The number of likely N-dealkylation sites (tertiary alicyclic amines) is 1. The molecule has 1 amide bonds. The number of methoxy groups -OCH3 is 2. The summed E-state index contributed by atoms with van der Waals surface area (Å²) in [4.78, 5) is 20.9. The van der Waals surface area contributed by atoms with Gasteiger partial charge in [-0.2, -0.15) is 0 Å². The van der Waals surface area contributed by atoms with Gasteiger partial charge >= 0.3 is 0 Å². The third-order valence-corrected chi connectivity index (χ3v) is 6.36. The molecule has 1 aromatic rings. The minimum atomic E-state index is -0.533. The lowest BCUT2D eigenvalue weighted by Crippen LogP contribution is -2.43. The molecule has 4 rings (SSSR count). The highest BCUT2D eigenvalue weighted by atomic mass is 16.6. The Morgan fingerprint density at radius 3 is 2.64 bits per heavy atom. The van der Waals surface area contributed by atoms with Crippen molar-refractivity contribution in [3.05, 3.63) is 23.8 Å². The Morgan fingerprint density at radius 2 is 1.93 bits per heavy atom. The molecule has 0 N–H and O–H groups in total. The monoisotopic (exact) mass is 386 g/mol. The van der Waals surface area contributed by atoms with E-state index in [4.69, 9.17) is 14.3 Å². The number of oxime groups is 1. The van der Waals surface area contributed by atoms with Crippen LogP contribution in [0.5, 0.6) is 11.5 Å². The second-order valence-electron chi connectivity index (χ2n) is 9.59. The van der Waals surface area contributed by atoms with Crippen LogP contribution in [0, 0.1) is 10.8 Å². The molecule has 2 bridgehead atoms. The average molecular weight is 386 g/mol. The van der Waals surface area contributed by atoms with Crippen LogP contribution < -0.4 is 9.47 Å². The third-order valence-electron chi connectivity index (χ3n) is 6.36. The lowest BCUT2D eigenvalue weighted by Gasteiger charge is -2.39. The maximum Gasteiger partial charge on any atom is 0.267 e. The Bertz CT molecular complexity index is 819. The van der Waals surface area contributed by atoms with Crippen LogP contribution in [0.4, 0.5) is 0 Å². The lowest BCUT2D eigenvalue weighted by atomic mass is 9.65. The summed E-state index contributed by atoms with van der Waals surface area (Å²) in [5, 5.41) is 4.21. The van der Waals surface area contributed by atoms with Crippen molar-refractivity contribution in [1.29, 1.82) is 0 Å². The fraction of sp³-hybridized carbons (Fsp3) is 0.636. The molecule has 152 valence electrons. The lowest BCUT2D eigenvalue weighted by molar-refractivity contribution is -0.143. The molecule has 28 heavy (non-hydrogen) atoms. The maximum absolute atomic E-state index is 13.2. The molecule has 3 aliphatic rings. The van der Waals surface area contributed by atoms with Crippen LogP contribution in [0.3, 0.4) is 0 Å². The first-order chi connectivity index (χ1) is 13.2. The van der Waals surface area contributed by atoms with Gasteiger partial charge in [-0.25, -0.2) is 0 Å². The van der Waals surface area contributed by atoms with E-state index < -0.39 is 6.10 Å². The minimum absolute atomic E-state index is 0.0747. The molecule has 0 radical (unpaired) electrons. The van der Waals surface area contributed by atoms with Crippen LogP contribution in [0.2, 0.25) is 0 Å². The van der Waals surface area contributed by atoms with Gasteiger partial charge in [-0.15, -0.1) is 0 Å². The van der Waals surface area contributed by atoms with Crippen molar-refractivity contribution in [2.75, 3.05) is 20.8 Å². The number of hydrogen-bond acceptors (Lipinski definition) is 5. The molecule has 1 saturated heterocycles. The molecule has 2 aliphatic heterocycles. The first-order valence-corrected chi connectivity index (χ1v) is 9.99. The topological polar surface area (TPSA) is 60.4 Å². The standard InChI is InChI=1S/C22H30N2O4/c1-21(2)10-15-11-22(3,12-21)13-24(15)20(25)19-9-16(23-28-19)14-6-7-17(26-4)18(8-14)27-5/h6-8,15,19H,9-13H2,1-5H3/t15-,19+,22+/m1/s1. The summed E-state index contributed by atoms with van der Waals surface area (Å²) in [5.74, 6) is 1.38. The van der Waals surface area contributed by atoms with Crippen LogP contribution in [-0.4, -0.2) is 49.4 Å². The number of benzene rings is 1. The van der Waals surface area contributed by atoms with E-state index in [1.54, 1.807) is 14.2 Å². The van der Waals surface area contributed by atoms with Crippen molar-refractivity contribution in [1.82, 2.24) is 4.90 Å². The maximum atomic E-state index is 13.2. The number of hydrogen-bond donors (Lipinski definition) is 0. The highest BCUT2D eigenvalue weighted by molar-refractivity contribution is 6.04.